The van der Waals surface area contributed by atoms with Gasteiger partial charge < -0.3 is 10.3 Å². The first-order chi connectivity index (χ1) is 9.98. The number of anilines is 2. The van der Waals surface area contributed by atoms with Crippen molar-refractivity contribution in [1.82, 2.24) is 9.55 Å². The lowest BCUT2D eigenvalue weighted by Gasteiger charge is -2.24. The van der Waals surface area contributed by atoms with Crippen LogP contribution >= 0.6 is 0 Å². The van der Waals surface area contributed by atoms with Crippen molar-refractivity contribution in [3.63, 3.8) is 0 Å². The van der Waals surface area contributed by atoms with E-state index < -0.39 is 10.0 Å². The first kappa shape index (κ1) is 15.4. The van der Waals surface area contributed by atoms with Gasteiger partial charge in [-0.05, 0) is 18.6 Å². The minimum absolute atomic E-state index is 0.0231. The lowest BCUT2D eigenvalue weighted by molar-refractivity contribution is 0.579. The molecule has 7 heteroatoms. The second-order valence-corrected chi connectivity index (χ2v) is 6.59. The molecule has 0 fully saturated rings. The van der Waals surface area contributed by atoms with Gasteiger partial charge in [-0.3, -0.25) is 4.31 Å². The third kappa shape index (κ3) is 3.02. The van der Waals surface area contributed by atoms with Crippen LogP contribution in [0.3, 0.4) is 0 Å². The Morgan fingerprint density at radius 2 is 1.95 bits per heavy atom. The van der Waals surface area contributed by atoms with Crippen LogP contribution in [0.1, 0.15) is 19.8 Å². The number of hydrogen-bond acceptors (Lipinski definition) is 4. The molecular formula is C14H20N4O2S. The Morgan fingerprint density at radius 3 is 2.48 bits per heavy atom. The van der Waals surface area contributed by atoms with E-state index in [1.54, 1.807) is 19.2 Å². The van der Waals surface area contributed by atoms with Gasteiger partial charge in [0.15, 0.2) is 10.8 Å². The summed E-state index contributed by atoms with van der Waals surface area (Å²) in [6, 6.07) is 9.04. The number of imidazole rings is 1. The van der Waals surface area contributed by atoms with Crippen LogP contribution in [0.4, 0.5) is 11.5 Å². The summed E-state index contributed by atoms with van der Waals surface area (Å²) in [6.45, 7) is 2.43. The van der Waals surface area contributed by atoms with E-state index in [9.17, 15) is 8.42 Å². The molecule has 114 valence electrons. The SMILES string of the molecule is CCCCN(c1ccccc1)S(=O)(=O)c1c(N)ncn1C. The molecule has 0 aliphatic carbocycles. The van der Waals surface area contributed by atoms with Gasteiger partial charge in [0.25, 0.3) is 10.0 Å². The van der Waals surface area contributed by atoms with Crippen LogP contribution in [0.5, 0.6) is 0 Å². The highest BCUT2D eigenvalue weighted by molar-refractivity contribution is 7.92. The Hall–Kier alpha value is -2.02. The van der Waals surface area contributed by atoms with E-state index >= 15 is 0 Å². The van der Waals surface area contributed by atoms with Crippen LogP contribution in [0.15, 0.2) is 41.7 Å². The van der Waals surface area contributed by atoms with E-state index in [-0.39, 0.29) is 10.8 Å². The summed E-state index contributed by atoms with van der Waals surface area (Å²) in [5.74, 6) is 0.0231. The van der Waals surface area contributed by atoms with Gasteiger partial charge in [-0.25, -0.2) is 4.98 Å². The minimum atomic E-state index is -3.74. The Morgan fingerprint density at radius 1 is 1.29 bits per heavy atom. The molecule has 0 bridgehead atoms. The molecule has 0 amide bonds. The number of nitrogen functional groups attached to an aromatic ring is 1. The fourth-order valence-electron chi connectivity index (χ4n) is 2.14. The average Bonchev–Trinajstić information content (AvgIpc) is 2.80. The fraction of sp³-hybridized carbons (Fsp3) is 0.357. The molecule has 1 aromatic carbocycles. The first-order valence-electron chi connectivity index (χ1n) is 6.83. The molecule has 0 aliphatic heterocycles. The number of rotatable bonds is 6. The maximum Gasteiger partial charge on any atom is 0.283 e. The topological polar surface area (TPSA) is 81.2 Å². The Bertz CT molecular complexity index is 676. The highest BCUT2D eigenvalue weighted by Gasteiger charge is 2.29. The van der Waals surface area contributed by atoms with E-state index in [0.29, 0.717) is 12.2 Å². The zero-order chi connectivity index (χ0) is 15.5. The van der Waals surface area contributed by atoms with Crippen LogP contribution in [0, 0.1) is 0 Å². The molecule has 2 rings (SSSR count). The van der Waals surface area contributed by atoms with Gasteiger partial charge in [-0.1, -0.05) is 31.5 Å². The Balaban J connectivity index is 2.50. The van der Waals surface area contributed by atoms with E-state index in [0.717, 1.165) is 12.8 Å². The third-order valence-electron chi connectivity index (χ3n) is 3.20. The Kier molecular flexibility index (Phi) is 4.52. The highest BCUT2D eigenvalue weighted by Crippen LogP contribution is 2.26. The minimum Gasteiger partial charge on any atom is -0.381 e. The lowest BCUT2D eigenvalue weighted by Crippen LogP contribution is -2.33. The van der Waals surface area contributed by atoms with Crippen molar-refractivity contribution in [2.75, 3.05) is 16.6 Å². The fourth-order valence-corrected chi connectivity index (χ4v) is 3.85. The molecule has 0 saturated heterocycles. The number of benzene rings is 1. The van der Waals surface area contributed by atoms with Gasteiger partial charge in [0.2, 0.25) is 0 Å². The number of aromatic nitrogens is 2. The molecular weight excluding hydrogens is 288 g/mol. The number of nitrogens with two attached hydrogens (primary N) is 1. The molecule has 2 N–H and O–H groups in total. The average molecular weight is 308 g/mol. The van der Waals surface area contributed by atoms with Gasteiger partial charge in [-0.2, -0.15) is 8.42 Å². The molecule has 0 unspecified atom stereocenters. The molecule has 0 atom stereocenters. The maximum atomic E-state index is 12.9. The van der Waals surface area contributed by atoms with Gasteiger partial charge >= 0.3 is 0 Å². The second-order valence-electron chi connectivity index (χ2n) is 4.81. The first-order valence-corrected chi connectivity index (χ1v) is 8.27. The van der Waals surface area contributed by atoms with Crippen molar-refractivity contribution in [2.24, 2.45) is 7.05 Å². The number of para-hydroxylation sites is 1. The number of nitrogens with zero attached hydrogens (tertiary/aromatic N) is 3. The normalized spacial score (nSPS) is 11.5. The zero-order valence-electron chi connectivity index (χ0n) is 12.2. The molecule has 0 aliphatic rings. The summed E-state index contributed by atoms with van der Waals surface area (Å²) in [5, 5.41) is 0.0301. The van der Waals surface area contributed by atoms with E-state index in [1.165, 1.54) is 15.2 Å². The quantitative estimate of drug-likeness (QED) is 0.885. The van der Waals surface area contributed by atoms with E-state index in [2.05, 4.69) is 4.98 Å². The summed E-state index contributed by atoms with van der Waals surface area (Å²) in [7, 11) is -2.11. The molecule has 21 heavy (non-hydrogen) atoms. The van der Waals surface area contributed by atoms with Crippen LogP contribution in [-0.2, 0) is 17.1 Å². The summed E-state index contributed by atoms with van der Waals surface area (Å²) in [6.07, 6.45) is 3.08. The monoisotopic (exact) mass is 308 g/mol. The van der Waals surface area contributed by atoms with Crippen molar-refractivity contribution in [3.05, 3.63) is 36.7 Å². The molecule has 1 heterocycles. The predicted molar refractivity (Wildman–Crippen MR) is 83.5 cm³/mol. The van der Waals surface area contributed by atoms with Crippen molar-refractivity contribution in [1.29, 1.82) is 0 Å². The third-order valence-corrected chi connectivity index (χ3v) is 5.16. The van der Waals surface area contributed by atoms with Crippen molar-refractivity contribution < 1.29 is 8.42 Å². The van der Waals surface area contributed by atoms with Crippen LogP contribution in [-0.4, -0.2) is 24.5 Å². The lowest BCUT2D eigenvalue weighted by atomic mass is 10.3. The van der Waals surface area contributed by atoms with Crippen molar-refractivity contribution in [3.8, 4) is 0 Å². The van der Waals surface area contributed by atoms with E-state index in [4.69, 9.17) is 5.73 Å². The van der Waals surface area contributed by atoms with Crippen molar-refractivity contribution in [2.45, 2.75) is 24.8 Å². The molecule has 6 nitrogen and oxygen atoms in total. The molecule has 0 radical (unpaired) electrons. The predicted octanol–water partition coefficient (Wildman–Crippen LogP) is 2.00. The standard InChI is InChI=1S/C14H20N4O2S/c1-3-4-10-18(12-8-6-5-7-9-12)21(19,20)14-13(15)16-11-17(14)2/h5-9,11H,3-4,10,15H2,1-2H3. The zero-order valence-corrected chi connectivity index (χ0v) is 13.0. The molecule has 1 aromatic heterocycles. The smallest absolute Gasteiger partial charge is 0.283 e. The summed E-state index contributed by atoms with van der Waals surface area (Å²) in [4.78, 5) is 3.87. The number of unbranched alkanes of at least 4 members (excludes halogenated alkanes) is 1. The summed E-state index contributed by atoms with van der Waals surface area (Å²) < 4.78 is 28.7. The molecule has 0 spiro atoms. The van der Waals surface area contributed by atoms with E-state index in [1.807, 2.05) is 25.1 Å². The van der Waals surface area contributed by atoms with Crippen molar-refractivity contribution >= 4 is 21.5 Å². The van der Waals surface area contributed by atoms with Gasteiger partial charge in [0.1, 0.15) is 0 Å². The summed E-state index contributed by atoms with van der Waals surface area (Å²) in [5.41, 5.74) is 6.37. The van der Waals surface area contributed by atoms with Crippen LogP contribution in [0.25, 0.3) is 0 Å². The highest BCUT2D eigenvalue weighted by atomic mass is 32.2. The van der Waals surface area contributed by atoms with Crippen LogP contribution in [0.2, 0.25) is 0 Å². The largest absolute Gasteiger partial charge is 0.381 e. The number of sulfonamides is 1. The Labute approximate surface area is 125 Å². The van der Waals surface area contributed by atoms with Crippen LogP contribution < -0.4 is 10.0 Å². The van der Waals surface area contributed by atoms with Gasteiger partial charge in [0, 0.05) is 13.6 Å². The van der Waals surface area contributed by atoms with Gasteiger partial charge in [-0.15, -0.1) is 0 Å². The number of hydrogen-bond donors (Lipinski definition) is 1. The maximum absolute atomic E-state index is 12.9. The molecule has 2 aromatic rings. The molecule has 0 saturated carbocycles. The van der Waals surface area contributed by atoms with Gasteiger partial charge in [0.05, 0.1) is 12.0 Å². The second kappa shape index (κ2) is 6.17. The number of aryl methyl sites for hydroxylation is 1. The summed E-state index contributed by atoms with van der Waals surface area (Å²) >= 11 is 0.